The highest BCUT2D eigenvalue weighted by molar-refractivity contribution is 6.29. The lowest BCUT2D eigenvalue weighted by molar-refractivity contribution is 0.0696. The number of hydrogen-bond acceptors (Lipinski definition) is 3. The fraction of sp³-hybridized carbons (Fsp3) is 0. The standard InChI is InChI=1S/C9H6ClN3O2/c10-8-2-4-13(12-8)7-1-3-11-5-6(7)9(14)15/h1-5H,(H,14,15). The van der Waals surface area contributed by atoms with Gasteiger partial charge in [-0.05, 0) is 12.1 Å². The number of halogens is 1. The van der Waals surface area contributed by atoms with Crippen molar-refractivity contribution in [2.75, 3.05) is 0 Å². The van der Waals surface area contributed by atoms with Gasteiger partial charge in [-0.15, -0.1) is 0 Å². The summed E-state index contributed by atoms with van der Waals surface area (Å²) in [6, 6.07) is 3.14. The molecule has 0 aliphatic heterocycles. The van der Waals surface area contributed by atoms with Crippen LogP contribution in [0.3, 0.4) is 0 Å². The first-order valence-corrected chi connectivity index (χ1v) is 4.45. The van der Waals surface area contributed by atoms with Crippen molar-refractivity contribution in [3.05, 3.63) is 41.4 Å². The number of nitrogens with zero attached hydrogens (tertiary/aromatic N) is 3. The summed E-state index contributed by atoms with van der Waals surface area (Å²) >= 11 is 5.65. The maximum absolute atomic E-state index is 10.9. The predicted octanol–water partition coefficient (Wildman–Crippen LogP) is 1.62. The molecular formula is C9H6ClN3O2. The Labute approximate surface area is 89.9 Å². The summed E-state index contributed by atoms with van der Waals surface area (Å²) in [4.78, 5) is 14.6. The second-order valence-electron chi connectivity index (χ2n) is 2.78. The third-order valence-electron chi connectivity index (χ3n) is 1.83. The number of aromatic nitrogens is 3. The van der Waals surface area contributed by atoms with Crippen molar-refractivity contribution in [3.8, 4) is 5.69 Å². The molecule has 76 valence electrons. The second kappa shape index (κ2) is 3.70. The molecule has 5 nitrogen and oxygen atoms in total. The van der Waals surface area contributed by atoms with E-state index in [1.54, 1.807) is 18.3 Å². The molecule has 0 amide bonds. The average molecular weight is 224 g/mol. The highest BCUT2D eigenvalue weighted by Crippen LogP contribution is 2.14. The molecule has 0 aliphatic rings. The highest BCUT2D eigenvalue weighted by Gasteiger charge is 2.11. The van der Waals surface area contributed by atoms with Gasteiger partial charge in [0.25, 0.3) is 0 Å². The number of carboxylic acid groups (broad SMARTS) is 1. The Morgan fingerprint density at radius 2 is 2.27 bits per heavy atom. The monoisotopic (exact) mass is 223 g/mol. The van der Waals surface area contributed by atoms with Crippen molar-refractivity contribution in [2.24, 2.45) is 0 Å². The first-order chi connectivity index (χ1) is 7.18. The Morgan fingerprint density at radius 3 is 2.87 bits per heavy atom. The summed E-state index contributed by atoms with van der Waals surface area (Å²) in [6.07, 6.45) is 4.36. The van der Waals surface area contributed by atoms with E-state index in [9.17, 15) is 4.79 Å². The van der Waals surface area contributed by atoms with Crippen LogP contribution in [0.15, 0.2) is 30.7 Å². The molecule has 0 unspecified atom stereocenters. The van der Waals surface area contributed by atoms with Crippen LogP contribution < -0.4 is 0 Å². The molecular weight excluding hydrogens is 218 g/mol. The van der Waals surface area contributed by atoms with E-state index in [2.05, 4.69) is 10.1 Å². The Morgan fingerprint density at radius 1 is 1.47 bits per heavy atom. The van der Waals surface area contributed by atoms with E-state index in [0.717, 1.165) is 0 Å². The molecule has 2 aromatic rings. The number of hydrogen-bond donors (Lipinski definition) is 1. The normalized spacial score (nSPS) is 10.2. The SMILES string of the molecule is O=C(O)c1cnccc1-n1ccc(Cl)n1. The van der Waals surface area contributed by atoms with Crippen molar-refractivity contribution in [1.29, 1.82) is 0 Å². The van der Waals surface area contributed by atoms with Gasteiger partial charge in [-0.25, -0.2) is 9.48 Å². The third-order valence-corrected chi connectivity index (χ3v) is 2.03. The molecule has 2 heterocycles. The maximum Gasteiger partial charge on any atom is 0.339 e. The summed E-state index contributed by atoms with van der Waals surface area (Å²) in [5.74, 6) is -1.05. The molecule has 0 aromatic carbocycles. The Bertz CT molecular complexity index is 510. The van der Waals surface area contributed by atoms with Crippen LogP contribution in [0.5, 0.6) is 0 Å². The molecule has 0 bridgehead atoms. The average Bonchev–Trinajstić information content (AvgIpc) is 2.65. The van der Waals surface area contributed by atoms with E-state index in [1.807, 2.05) is 0 Å². The number of carbonyl (C=O) groups is 1. The number of carboxylic acids is 1. The molecule has 2 rings (SSSR count). The summed E-state index contributed by atoms with van der Waals surface area (Å²) < 4.78 is 1.40. The number of rotatable bonds is 2. The van der Waals surface area contributed by atoms with Gasteiger partial charge < -0.3 is 5.11 Å². The van der Waals surface area contributed by atoms with Gasteiger partial charge in [0.15, 0.2) is 5.15 Å². The summed E-state index contributed by atoms with van der Waals surface area (Å²) in [7, 11) is 0. The fourth-order valence-electron chi connectivity index (χ4n) is 1.19. The molecule has 2 aromatic heterocycles. The minimum absolute atomic E-state index is 0.0808. The summed E-state index contributed by atoms with van der Waals surface area (Å²) in [6.45, 7) is 0. The number of aromatic carboxylic acids is 1. The van der Waals surface area contributed by atoms with Crippen LogP contribution in [0.2, 0.25) is 5.15 Å². The summed E-state index contributed by atoms with van der Waals surface area (Å²) in [5, 5.41) is 13.1. The first-order valence-electron chi connectivity index (χ1n) is 4.07. The van der Waals surface area contributed by atoms with Gasteiger partial charge in [-0.1, -0.05) is 11.6 Å². The van der Waals surface area contributed by atoms with Crippen LogP contribution in [0.4, 0.5) is 0 Å². The lowest BCUT2D eigenvalue weighted by atomic mass is 10.2. The van der Waals surface area contributed by atoms with E-state index < -0.39 is 5.97 Å². The Kier molecular flexibility index (Phi) is 2.39. The van der Waals surface area contributed by atoms with E-state index in [4.69, 9.17) is 16.7 Å². The van der Waals surface area contributed by atoms with Crippen LogP contribution in [0.1, 0.15) is 10.4 Å². The number of pyridine rings is 1. The van der Waals surface area contributed by atoms with Gasteiger partial charge >= 0.3 is 5.97 Å². The highest BCUT2D eigenvalue weighted by atomic mass is 35.5. The lowest BCUT2D eigenvalue weighted by Gasteiger charge is -2.03. The Hall–Kier alpha value is -1.88. The van der Waals surface area contributed by atoms with Crippen molar-refractivity contribution >= 4 is 17.6 Å². The van der Waals surface area contributed by atoms with E-state index >= 15 is 0 Å². The molecule has 0 spiro atoms. The molecule has 0 radical (unpaired) electrons. The van der Waals surface area contributed by atoms with Crippen molar-refractivity contribution in [3.63, 3.8) is 0 Å². The van der Waals surface area contributed by atoms with Crippen molar-refractivity contribution < 1.29 is 9.90 Å². The van der Waals surface area contributed by atoms with Crippen LogP contribution in [0.25, 0.3) is 5.69 Å². The molecule has 0 atom stereocenters. The smallest absolute Gasteiger partial charge is 0.339 e. The van der Waals surface area contributed by atoms with E-state index in [-0.39, 0.29) is 5.56 Å². The molecule has 6 heteroatoms. The van der Waals surface area contributed by atoms with Gasteiger partial charge in [0.1, 0.15) is 5.56 Å². The molecule has 0 aliphatic carbocycles. The Balaban J connectivity index is 2.57. The van der Waals surface area contributed by atoms with Crippen LogP contribution in [-0.2, 0) is 0 Å². The summed E-state index contributed by atoms with van der Waals surface area (Å²) in [5.41, 5.74) is 0.515. The minimum Gasteiger partial charge on any atom is -0.478 e. The molecule has 1 N–H and O–H groups in total. The molecule has 0 saturated heterocycles. The van der Waals surface area contributed by atoms with Crippen molar-refractivity contribution in [1.82, 2.24) is 14.8 Å². The second-order valence-corrected chi connectivity index (χ2v) is 3.17. The van der Waals surface area contributed by atoms with Crippen molar-refractivity contribution in [2.45, 2.75) is 0 Å². The van der Waals surface area contributed by atoms with Crippen LogP contribution in [0, 0.1) is 0 Å². The fourth-order valence-corrected chi connectivity index (χ4v) is 1.33. The molecule has 0 fully saturated rings. The van der Waals surface area contributed by atoms with Gasteiger partial charge in [0, 0.05) is 18.6 Å². The van der Waals surface area contributed by atoms with Gasteiger partial charge in [0.2, 0.25) is 0 Å². The van der Waals surface area contributed by atoms with E-state index in [0.29, 0.717) is 10.8 Å². The predicted molar refractivity (Wildman–Crippen MR) is 53.3 cm³/mol. The first kappa shape index (κ1) is 9.67. The van der Waals surface area contributed by atoms with E-state index in [1.165, 1.54) is 17.1 Å². The zero-order valence-electron chi connectivity index (χ0n) is 7.46. The van der Waals surface area contributed by atoms with Crippen LogP contribution in [-0.4, -0.2) is 25.8 Å². The zero-order chi connectivity index (χ0) is 10.8. The van der Waals surface area contributed by atoms with Gasteiger partial charge in [-0.2, -0.15) is 5.10 Å². The van der Waals surface area contributed by atoms with Gasteiger partial charge in [-0.3, -0.25) is 4.98 Å². The minimum atomic E-state index is -1.05. The van der Waals surface area contributed by atoms with Gasteiger partial charge in [0.05, 0.1) is 5.69 Å². The quantitative estimate of drug-likeness (QED) is 0.840. The zero-order valence-corrected chi connectivity index (χ0v) is 8.22. The topological polar surface area (TPSA) is 68.0 Å². The lowest BCUT2D eigenvalue weighted by Crippen LogP contribution is -2.06. The maximum atomic E-state index is 10.9. The largest absolute Gasteiger partial charge is 0.478 e. The molecule has 15 heavy (non-hydrogen) atoms. The molecule has 0 saturated carbocycles. The third kappa shape index (κ3) is 1.82. The van der Waals surface area contributed by atoms with Crippen LogP contribution >= 0.6 is 11.6 Å².